The van der Waals surface area contributed by atoms with E-state index >= 15 is 0 Å². The molecule has 2 aliphatic heterocycles. The van der Waals surface area contributed by atoms with Crippen molar-refractivity contribution in [3.63, 3.8) is 0 Å². The third kappa shape index (κ3) is 4.64. The molecule has 0 unspecified atom stereocenters. The van der Waals surface area contributed by atoms with E-state index in [1.807, 2.05) is 30.3 Å². The molecular weight excluding hydrogens is 312 g/mol. The summed E-state index contributed by atoms with van der Waals surface area (Å²) >= 11 is 0. The van der Waals surface area contributed by atoms with Gasteiger partial charge in [0.25, 0.3) is 0 Å². The summed E-state index contributed by atoms with van der Waals surface area (Å²) in [4.78, 5) is 2.38. The number of rotatable bonds is 5. The Bertz CT molecular complexity index is 624. The molecule has 3 rings (SSSR count). The molecule has 23 heavy (non-hydrogen) atoms. The van der Waals surface area contributed by atoms with Crippen molar-refractivity contribution in [3.05, 3.63) is 41.3 Å². The molecule has 2 heterocycles. The third-order valence-corrected chi connectivity index (χ3v) is 5.99. The minimum atomic E-state index is -3.32. The molecule has 0 aromatic heterocycles. The van der Waals surface area contributed by atoms with Crippen molar-refractivity contribution >= 4 is 16.1 Å². The highest BCUT2D eigenvalue weighted by Gasteiger charge is 2.31. The first-order valence-corrected chi connectivity index (χ1v) is 9.67. The van der Waals surface area contributed by atoms with Gasteiger partial charge in [0.2, 0.25) is 10.0 Å². The van der Waals surface area contributed by atoms with Gasteiger partial charge in [-0.15, -0.1) is 0 Å². The van der Waals surface area contributed by atoms with Crippen LogP contribution in [0.1, 0.15) is 12.0 Å². The lowest BCUT2D eigenvalue weighted by molar-refractivity contribution is 0.0316. The van der Waals surface area contributed by atoms with E-state index < -0.39 is 10.0 Å². The molecule has 126 valence electrons. The summed E-state index contributed by atoms with van der Waals surface area (Å²) in [6.45, 7) is 5.70. The highest BCUT2D eigenvalue weighted by Crippen LogP contribution is 2.22. The van der Waals surface area contributed by atoms with Crippen molar-refractivity contribution in [2.45, 2.75) is 6.42 Å². The Labute approximate surface area is 138 Å². The van der Waals surface area contributed by atoms with Crippen molar-refractivity contribution in [3.8, 4) is 0 Å². The van der Waals surface area contributed by atoms with Gasteiger partial charge in [0, 0.05) is 38.1 Å². The van der Waals surface area contributed by atoms with E-state index in [0.717, 1.165) is 44.8 Å². The first-order chi connectivity index (χ1) is 11.1. The number of benzene rings is 1. The van der Waals surface area contributed by atoms with Crippen molar-refractivity contribution in [2.75, 3.05) is 45.9 Å². The number of sulfonamides is 1. The van der Waals surface area contributed by atoms with Crippen molar-refractivity contribution in [2.24, 2.45) is 5.92 Å². The molecule has 1 atom stereocenters. The van der Waals surface area contributed by atoms with Crippen LogP contribution in [-0.2, 0) is 14.8 Å². The summed E-state index contributed by atoms with van der Waals surface area (Å²) in [6, 6.07) is 9.53. The normalized spacial score (nSPS) is 24.4. The lowest BCUT2D eigenvalue weighted by atomic mass is 10.1. The zero-order chi connectivity index (χ0) is 16.1. The van der Waals surface area contributed by atoms with Crippen LogP contribution in [0.3, 0.4) is 0 Å². The van der Waals surface area contributed by atoms with Gasteiger partial charge in [0.1, 0.15) is 0 Å². The van der Waals surface area contributed by atoms with Crippen LogP contribution < -0.4 is 0 Å². The van der Waals surface area contributed by atoms with E-state index in [2.05, 4.69) is 4.90 Å². The summed E-state index contributed by atoms with van der Waals surface area (Å²) < 4.78 is 31.9. The highest BCUT2D eigenvalue weighted by molar-refractivity contribution is 7.92. The number of nitrogens with zero attached hydrogens (tertiary/aromatic N) is 2. The zero-order valence-electron chi connectivity index (χ0n) is 13.3. The Hall–Kier alpha value is -1.21. The average molecular weight is 336 g/mol. The van der Waals surface area contributed by atoms with E-state index in [9.17, 15) is 8.42 Å². The van der Waals surface area contributed by atoms with Crippen LogP contribution in [0.25, 0.3) is 6.08 Å². The van der Waals surface area contributed by atoms with E-state index in [4.69, 9.17) is 4.74 Å². The van der Waals surface area contributed by atoms with Gasteiger partial charge in [-0.05, 0) is 24.0 Å². The maximum absolute atomic E-state index is 12.4. The van der Waals surface area contributed by atoms with Gasteiger partial charge >= 0.3 is 0 Å². The molecule has 0 saturated carbocycles. The summed E-state index contributed by atoms with van der Waals surface area (Å²) in [6.07, 6.45) is 2.61. The largest absolute Gasteiger partial charge is 0.379 e. The Morgan fingerprint density at radius 2 is 1.87 bits per heavy atom. The Balaban J connectivity index is 1.55. The molecule has 1 aromatic carbocycles. The average Bonchev–Trinajstić information content (AvgIpc) is 3.04. The lowest BCUT2D eigenvalue weighted by Gasteiger charge is -2.28. The van der Waals surface area contributed by atoms with Gasteiger partial charge < -0.3 is 4.74 Å². The molecule has 0 N–H and O–H groups in total. The Morgan fingerprint density at radius 1 is 1.13 bits per heavy atom. The summed E-state index contributed by atoms with van der Waals surface area (Å²) in [5, 5.41) is 1.33. The fourth-order valence-corrected chi connectivity index (χ4v) is 4.42. The molecule has 0 aliphatic carbocycles. The molecule has 0 spiro atoms. The second-order valence-corrected chi connectivity index (χ2v) is 8.00. The molecule has 1 aromatic rings. The number of morpholine rings is 1. The molecule has 0 amide bonds. The van der Waals surface area contributed by atoms with Crippen LogP contribution in [0.5, 0.6) is 0 Å². The summed E-state index contributed by atoms with van der Waals surface area (Å²) in [5.74, 6) is 0.424. The maximum atomic E-state index is 12.4. The smallest absolute Gasteiger partial charge is 0.236 e. The third-order valence-electron chi connectivity index (χ3n) is 4.46. The molecule has 5 nitrogen and oxygen atoms in total. The predicted octanol–water partition coefficient (Wildman–Crippen LogP) is 1.64. The fraction of sp³-hybridized carbons (Fsp3) is 0.529. The van der Waals surface area contributed by atoms with Crippen LogP contribution in [-0.4, -0.2) is 63.6 Å². The lowest BCUT2D eigenvalue weighted by Crippen LogP contribution is -2.40. The van der Waals surface area contributed by atoms with Crippen molar-refractivity contribution < 1.29 is 13.2 Å². The second-order valence-electron chi connectivity index (χ2n) is 6.18. The molecule has 2 aliphatic rings. The standard InChI is InChI=1S/C17H24N2O3S/c20-23(21,13-7-16-4-2-1-3-5-16)19-8-6-17(15-19)14-18-9-11-22-12-10-18/h1-5,7,13,17H,6,8-12,14-15H2/b13-7+/t17-/m0/s1. The minimum absolute atomic E-state index is 0.424. The first kappa shape index (κ1) is 16.6. The summed E-state index contributed by atoms with van der Waals surface area (Å²) in [7, 11) is -3.32. The van der Waals surface area contributed by atoms with Gasteiger partial charge in [-0.25, -0.2) is 8.42 Å². The molecule has 0 radical (unpaired) electrons. The number of hydrogen-bond acceptors (Lipinski definition) is 4. The first-order valence-electron chi connectivity index (χ1n) is 8.17. The molecular formula is C17H24N2O3S. The zero-order valence-corrected chi connectivity index (χ0v) is 14.1. The van der Waals surface area contributed by atoms with Crippen LogP contribution in [0.15, 0.2) is 35.7 Å². The number of ether oxygens (including phenoxy) is 1. The van der Waals surface area contributed by atoms with Crippen LogP contribution in [0, 0.1) is 5.92 Å². The van der Waals surface area contributed by atoms with Crippen molar-refractivity contribution in [1.82, 2.24) is 9.21 Å². The molecule has 6 heteroatoms. The fourth-order valence-electron chi connectivity index (χ4n) is 3.14. The van der Waals surface area contributed by atoms with Crippen LogP contribution in [0.4, 0.5) is 0 Å². The molecule has 0 bridgehead atoms. The highest BCUT2D eigenvalue weighted by atomic mass is 32.2. The van der Waals surface area contributed by atoms with E-state index in [1.165, 1.54) is 5.41 Å². The van der Waals surface area contributed by atoms with Crippen molar-refractivity contribution in [1.29, 1.82) is 0 Å². The summed E-state index contributed by atoms with van der Waals surface area (Å²) in [5.41, 5.74) is 0.903. The molecule has 2 fully saturated rings. The van der Waals surface area contributed by atoms with E-state index in [1.54, 1.807) is 10.4 Å². The maximum Gasteiger partial charge on any atom is 0.236 e. The van der Waals surface area contributed by atoms with Gasteiger partial charge in [-0.1, -0.05) is 30.3 Å². The van der Waals surface area contributed by atoms with Gasteiger partial charge in [0.05, 0.1) is 13.2 Å². The van der Waals surface area contributed by atoms with Gasteiger partial charge in [-0.3, -0.25) is 4.90 Å². The quantitative estimate of drug-likeness (QED) is 0.820. The number of hydrogen-bond donors (Lipinski definition) is 0. The monoisotopic (exact) mass is 336 g/mol. The van der Waals surface area contributed by atoms with Gasteiger partial charge in [-0.2, -0.15) is 4.31 Å². The second kappa shape index (κ2) is 7.57. The van der Waals surface area contributed by atoms with Crippen LogP contribution in [0.2, 0.25) is 0 Å². The predicted molar refractivity (Wildman–Crippen MR) is 91.3 cm³/mol. The van der Waals surface area contributed by atoms with Crippen LogP contribution >= 0.6 is 0 Å². The van der Waals surface area contributed by atoms with E-state index in [-0.39, 0.29) is 0 Å². The molecule has 2 saturated heterocycles. The SMILES string of the molecule is O=S(=O)(/C=C/c1ccccc1)N1CC[C@@H](CN2CCOCC2)C1. The Morgan fingerprint density at radius 3 is 2.61 bits per heavy atom. The minimum Gasteiger partial charge on any atom is -0.379 e. The van der Waals surface area contributed by atoms with E-state index in [0.29, 0.717) is 19.0 Å². The topological polar surface area (TPSA) is 49.9 Å². The Kier molecular flexibility index (Phi) is 5.48. The van der Waals surface area contributed by atoms with Gasteiger partial charge in [0.15, 0.2) is 0 Å².